The summed E-state index contributed by atoms with van der Waals surface area (Å²) in [6, 6.07) is 9.48. The van der Waals surface area contributed by atoms with Crippen molar-refractivity contribution in [3.63, 3.8) is 0 Å². The van der Waals surface area contributed by atoms with E-state index in [0.717, 1.165) is 5.56 Å². The quantitative estimate of drug-likeness (QED) is 0.606. The van der Waals surface area contributed by atoms with Gasteiger partial charge in [-0.1, -0.05) is 42.5 Å². The highest BCUT2D eigenvalue weighted by Crippen LogP contribution is 2.18. The van der Waals surface area contributed by atoms with Gasteiger partial charge in [0.05, 0.1) is 38.0 Å². The van der Waals surface area contributed by atoms with Crippen LogP contribution in [0.4, 0.5) is 0 Å². The van der Waals surface area contributed by atoms with Crippen molar-refractivity contribution in [1.29, 1.82) is 0 Å². The van der Waals surface area contributed by atoms with Crippen molar-refractivity contribution in [2.45, 2.75) is 63.4 Å². The Morgan fingerprint density at radius 2 is 1.48 bits per heavy atom. The number of nitrogens with two attached hydrogens (primary N) is 2. The van der Waals surface area contributed by atoms with E-state index in [1.54, 1.807) is 0 Å². The van der Waals surface area contributed by atoms with E-state index in [4.69, 9.17) is 35.2 Å². The third kappa shape index (κ3) is 7.01. The Bertz CT molecular complexity index is 666. The molecule has 0 aliphatic carbocycles. The molecule has 6 atom stereocenters. The summed E-state index contributed by atoms with van der Waals surface area (Å²) in [6.45, 7) is 5.09. The predicted molar refractivity (Wildman–Crippen MR) is 110 cm³/mol. The third-order valence-electron chi connectivity index (χ3n) is 4.68. The van der Waals surface area contributed by atoms with Crippen LogP contribution in [-0.4, -0.2) is 56.2 Å². The summed E-state index contributed by atoms with van der Waals surface area (Å²) in [6.07, 6.45) is 5.93. The van der Waals surface area contributed by atoms with Gasteiger partial charge in [-0.3, -0.25) is 0 Å². The van der Waals surface area contributed by atoms with Gasteiger partial charge in [0.15, 0.2) is 12.6 Å². The minimum absolute atomic E-state index is 0.0586. The molecule has 0 spiro atoms. The normalized spacial score (nSPS) is 32.0. The van der Waals surface area contributed by atoms with E-state index in [-0.39, 0.29) is 37.0 Å². The van der Waals surface area contributed by atoms with E-state index < -0.39 is 12.6 Å². The van der Waals surface area contributed by atoms with E-state index in [9.17, 15) is 0 Å². The van der Waals surface area contributed by atoms with Gasteiger partial charge in [-0.2, -0.15) is 0 Å². The minimum Gasteiger partial charge on any atom is -0.374 e. The van der Waals surface area contributed by atoms with Crippen LogP contribution in [0.2, 0.25) is 0 Å². The van der Waals surface area contributed by atoms with E-state index >= 15 is 0 Å². The Morgan fingerprint density at radius 1 is 0.862 bits per heavy atom. The maximum absolute atomic E-state index is 6.13. The van der Waals surface area contributed by atoms with Gasteiger partial charge in [0.25, 0.3) is 0 Å². The fourth-order valence-electron chi connectivity index (χ4n) is 3.10. The number of benzene rings is 1. The zero-order valence-corrected chi connectivity index (χ0v) is 17.1. The lowest BCUT2D eigenvalue weighted by molar-refractivity contribution is -0.212. The molecule has 2 aliphatic rings. The number of rotatable bonds is 9. The Hall–Kier alpha value is -1.58. The van der Waals surface area contributed by atoms with Crippen molar-refractivity contribution >= 4 is 0 Å². The first-order chi connectivity index (χ1) is 14.0. The molecule has 7 nitrogen and oxygen atoms in total. The van der Waals surface area contributed by atoms with Crippen LogP contribution in [0.3, 0.4) is 0 Å². The molecular formula is C22H32N2O5. The molecule has 0 radical (unpaired) electrons. The van der Waals surface area contributed by atoms with Gasteiger partial charge < -0.3 is 35.2 Å². The first kappa shape index (κ1) is 22.1. The molecule has 0 fully saturated rings. The standard InChI is InChI=1S/C22H32N2O5/c1-15(2)27-22-11-9-18(24)20(29-22)14-26-21-10-8-17(23)19(28-21)13-25-12-16-6-4-3-5-7-16/h3-11,15,17-22H,12-14,23-24H2,1-2H3/t17-,18-,19+,20+,21-,22-/m0/s1. The van der Waals surface area contributed by atoms with Crippen LogP contribution in [0.25, 0.3) is 0 Å². The Labute approximate surface area is 172 Å². The molecule has 0 unspecified atom stereocenters. The topological polar surface area (TPSA) is 98.2 Å². The molecule has 0 amide bonds. The Balaban J connectivity index is 1.44. The Morgan fingerprint density at radius 3 is 2.17 bits per heavy atom. The summed E-state index contributed by atoms with van der Waals surface area (Å²) >= 11 is 0. The highest BCUT2D eigenvalue weighted by molar-refractivity contribution is 5.13. The molecule has 3 rings (SSSR count). The highest BCUT2D eigenvalue weighted by Gasteiger charge is 2.29. The molecule has 7 heteroatoms. The SMILES string of the molecule is CC(C)O[C@@H]1C=C[C@H](N)[C@@H](CO[C@@H]2C=C[C@H](N)[C@@H](COCc3ccccc3)O2)O1. The summed E-state index contributed by atoms with van der Waals surface area (Å²) in [7, 11) is 0. The van der Waals surface area contributed by atoms with Crippen LogP contribution in [-0.2, 0) is 30.3 Å². The highest BCUT2D eigenvalue weighted by atomic mass is 16.7. The smallest absolute Gasteiger partial charge is 0.177 e. The van der Waals surface area contributed by atoms with Gasteiger partial charge in [0, 0.05) is 0 Å². The van der Waals surface area contributed by atoms with E-state index in [1.807, 2.05) is 68.5 Å². The zero-order valence-electron chi connectivity index (χ0n) is 17.1. The zero-order chi connectivity index (χ0) is 20.6. The second-order valence-electron chi connectivity index (χ2n) is 7.53. The van der Waals surface area contributed by atoms with Gasteiger partial charge in [-0.25, -0.2) is 0 Å². The fourth-order valence-corrected chi connectivity index (χ4v) is 3.10. The van der Waals surface area contributed by atoms with Gasteiger partial charge in [0.1, 0.15) is 12.2 Å². The van der Waals surface area contributed by atoms with Crippen LogP contribution >= 0.6 is 0 Å². The summed E-state index contributed by atoms with van der Waals surface area (Å²) in [4.78, 5) is 0. The molecule has 2 heterocycles. The molecule has 0 bridgehead atoms. The molecule has 4 N–H and O–H groups in total. The molecule has 0 aromatic heterocycles. The first-order valence-corrected chi connectivity index (χ1v) is 10.1. The summed E-state index contributed by atoms with van der Waals surface area (Å²) < 4.78 is 29.1. The van der Waals surface area contributed by atoms with Crippen molar-refractivity contribution in [2.75, 3.05) is 13.2 Å². The maximum Gasteiger partial charge on any atom is 0.177 e. The van der Waals surface area contributed by atoms with Crippen LogP contribution in [0.1, 0.15) is 19.4 Å². The summed E-state index contributed by atoms with van der Waals surface area (Å²) in [5.41, 5.74) is 13.3. The van der Waals surface area contributed by atoms with E-state index in [0.29, 0.717) is 13.2 Å². The average molecular weight is 405 g/mol. The van der Waals surface area contributed by atoms with Crippen molar-refractivity contribution in [2.24, 2.45) is 11.5 Å². The van der Waals surface area contributed by atoms with Crippen LogP contribution in [0, 0.1) is 0 Å². The lowest BCUT2D eigenvalue weighted by Crippen LogP contribution is -2.47. The molecular weight excluding hydrogens is 372 g/mol. The number of hydrogen-bond acceptors (Lipinski definition) is 7. The molecule has 2 aliphatic heterocycles. The first-order valence-electron chi connectivity index (χ1n) is 10.1. The minimum atomic E-state index is -0.522. The average Bonchev–Trinajstić information content (AvgIpc) is 2.71. The van der Waals surface area contributed by atoms with Gasteiger partial charge in [-0.05, 0) is 31.6 Å². The van der Waals surface area contributed by atoms with Gasteiger partial charge in [-0.15, -0.1) is 0 Å². The van der Waals surface area contributed by atoms with Crippen molar-refractivity contribution in [3.8, 4) is 0 Å². The molecule has 0 saturated carbocycles. The van der Waals surface area contributed by atoms with Gasteiger partial charge >= 0.3 is 0 Å². The number of hydrogen-bond donors (Lipinski definition) is 2. The van der Waals surface area contributed by atoms with Crippen LogP contribution in [0.5, 0.6) is 0 Å². The van der Waals surface area contributed by atoms with E-state index in [1.165, 1.54) is 0 Å². The molecule has 1 aromatic carbocycles. The fraction of sp³-hybridized carbons (Fsp3) is 0.545. The largest absolute Gasteiger partial charge is 0.374 e. The Kier molecular flexibility index (Phi) is 8.38. The molecule has 0 saturated heterocycles. The second kappa shape index (κ2) is 11.0. The third-order valence-corrected chi connectivity index (χ3v) is 4.68. The molecule has 29 heavy (non-hydrogen) atoms. The number of ether oxygens (including phenoxy) is 5. The second-order valence-corrected chi connectivity index (χ2v) is 7.53. The van der Waals surface area contributed by atoms with Crippen LogP contribution < -0.4 is 11.5 Å². The van der Waals surface area contributed by atoms with Crippen molar-refractivity contribution < 1.29 is 23.7 Å². The van der Waals surface area contributed by atoms with Crippen molar-refractivity contribution in [1.82, 2.24) is 0 Å². The van der Waals surface area contributed by atoms with Crippen molar-refractivity contribution in [3.05, 3.63) is 60.2 Å². The lowest BCUT2D eigenvalue weighted by atomic mass is 10.1. The monoisotopic (exact) mass is 404 g/mol. The molecule has 1 aromatic rings. The maximum atomic E-state index is 6.13. The van der Waals surface area contributed by atoms with Gasteiger partial charge in [0.2, 0.25) is 0 Å². The molecule has 160 valence electrons. The van der Waals surface area contributed by atoms with E-state index in [2.05, 4.69) is 0 Å². The van der Waals surface area contributed by atoms with Crippen LogP contribution in [0.15, 0.2) is 54.6 Å². The summed E-state index contributed by atoms with van der Waals surface area (Å²) in [5.74, 6) is 0. The summed E-state index contributed by atoms with van der Waals surface area (Å²) in [5, 5.41) is 0. The lowest BCUT2D eigenvalue weighted by Gasteiger charge is -2.34. The predicted octanol–water partition coefficient (Wildman–Crippen LogP) is 1.86.